The van der Waals surface area contributed by atoms with Gasteiger partial charge in [-0.1, -0.05) is 15.9 Å². The molecule has 1 aromatic rings. The highest BCUT2D eigenvalue weighted by molar-refractivity contribution is 9.10. The first kappa shape index (κ1) is 11.6. The lowest BCUT2D eigenvalue weighted by Gasteiger charge is -2.22. The fraction of sp³-hybridized carbons (Fsp3) is 0.556. The Morgan fingerprint density at radius 2 is 2.40 bits per heavy atom. The van der Waals surface area contributed by atoms with Crippen LogP contribution in [0.15, 0.2) is 11.4 Å². The van der Waals surface area contributed by atoms with Crippen molar-refractivity contribution in [3.05, 3.63) is 21.9 Å². The Morgan fingerprint density at radius 3 is 3.13 bits per heavy atom. The lowest BCUT2D eigenvalue weighted by Crippen LogP contribution is -2.30. The fourth-order valence-corrected chi connectivity index (χ4v) is 3.98. The average Bonchev–Trinajstić information content (AvgIpc) is 2.66. The van der Waals surface area contributed by atoms with E-state index in [2.05, 4.69) is 20.7 Å². The van der Waals surface area contributed by atoms with E-state index in [1.54, 1.807) is 11.3 Å². The van der Waals surface area contributed by atoms with Crippen molar-refractivity contribution >= 4 is 37.3 Å². The summed E-state index contributed by atoms with van der Waals surface area (Å²) in [7, 11) is -3.17. The second kappa shape index (κ2) is 4.53. The zero-order valence-corrected chi connectivity index (χ0v) is 11.3. The van der Waals surface area contributed by atoms with Gasteiger partial charge in [0.05, 0.1) is 0 Å². The Kier molecular flexibility index (Phi) is 3.49. The van der Waals surface area contributed by atoms with Gasteiger partial charge in [-0.3, -0.25) is 0 Å². The van der Waals surface area contributed by atoms with Crippen molar-refractivity contribution in [2.75, 3.05) is 4.66 Å². The number of sulfonamides is 1. The molecule has 1 atom stereocenters. The van der Waals surface area contributed by atoms with Gasteiger partial charge >= 0.3 is 0 Å². The van der Waals surface area contributed by atoms with Gasteiger partial charge in [0.2, 0.25) is 10.0 Å². The number of rotatable bonds is 3. The van der Waals surface area contributed by atoms with Crippen molar-refractivity contribution < 1.29 is 8.42 Å². The Balaban J connectivity index is 2.20. The van der Waals surface area contributed by atoms with Gasteiger partial charge in [0.15, 0.2) is 0 Å². The summed E-state index contributed by atoms with van der Waals surface area (Å²) in [5, 5.41) is 2.03. The monoisotopic (exact) mass is 309 g/mol. The molecule has 0 fully saturated rings. The van der Waals surface area contributed by atoms with Crippen molar-refractivity contribution in [1.82, 2.24) is 4.72 Å². The second-order valence-corrected chi connectivity index (χ2v) is 7.64. The molecule has 1 aliphatic rings. The molecular weight excluding hydrogens is 298 g/mol. The minimum absolute atomic E-state index is 0.0254. The van der Waals surface area contributed by atoms with Crippen molar-refractivity contribution in [1.29, 1.82) is 0 Å². The summed E-state index contributed by atoms with van der Waals surface area (Å²) in [5.74, 6) is 0. The predicted molar refractivity (Wildman–Crippen MR) is 65.8 cm³/mol. The van der Waals surface area contributed by atoms with E-state index in [0.717, 1.165) is 24.8 Å². The molecule has 0 amide bonds. The van der Waals surface area contributed by atoms with Crippen LogP contribution in [0.5, 0.6) is 0 Å². The molecule has 84 valence electrons. The van der Waals surface area contributed by atoms with E-state index >= 15 is 0 Å². The van der Waals surface area contributed by atoms with Gasteiger partial charge in [0.25, 0.3) is 0 Å². The Hall–Kier alpha value is 0.0900. The van der Waals surface area contributed by atoms with Gasteiger partial charge in [-0.05, 0) is 36.3 Å². The molecule has 0 aliphatic heterocycles. The fourth-order valence-electron chi connectivity index (χ4n) is 1.86. The molecular formula is C9H12BrNO2S2. The SMILES string of the molecule is O=S(=O)(CBr)NC1CCCc2sccc21. The number of hydrogen-bond acceptors (Lipinski definition) is 3. The first-order valence-electron chi connectivity index (χ1n) is 4.74. The molecule has 0 saturated heterocycles. The van der Waals surface area contributed by atoms with Crippen molar-refractivity contribution in [3.8, 4) is 0 Å². The van der Waals surface area contributed by atoms with E-state index in [1.165, 1.54) is 4.88 Å². The van der Waals surface area contributed by atoms with Gasteiger partial charge in [-0.2, -0.15) is 0 Å². The van der Waals surface area contributed by atoms with Gasteiger partial charge < -0.3 is 0 Å². The average molecular weight is 310 g/mol. The summed E-state index contributed by atoms with van der Waals surface area (Å²) in [5.41, 5.74) is 1.16. The Morgan fingerprint density at radius 1 is 1.60 bits per heavy atom. The van der Waals surface area contributed by atoms with Crippen LogP contribution >= 0.6 is 27.3 Å². The molecule has 1 aliphatic carbocycles. The summed E-state index contributed by atoms with van der Waals surface area (Å²) < 4.78 is 25.6. The predicted octanol–water partition coefficient (Wildman–Crippen LogP) is 2.40. The summed E-state index contributed by atoms with van der Waals surface area (Å²) in [6.45, 7) is 0. The van der Waals surface area contributed by atoms with Crippen LogP contribution in [0.4, 0.5) is 0 Å². The molecule has 6 heteroatoms. The number of fused-ring (bicyclic) bond motifs is 1. The highest BCUT2D eigenvalue weighted by Gasteiger charge is 2.24. The van der Waals surface area contributed by atoms with Crippen LogP contribution in [-0.4, -0.2) is 13.1 Å². The van der Waals surface area contributed by atoms with Crippen LogP contribution in [0.3, 0.4) is 0 Å². The molecule has 15 heavy (non-hydrogen) atoms. The van der Waals surface area contributed by atoms with Gasteiger partial charge in [0, 0.05) is 10.9 Å². The van der Waals surface area contributed by atoms with Crippen molar-refractivity contribution in [3.63, 3.8) is 0 Å². The molecule has 2 rings (SSSR count). The number of hydrogen-bond donors (Lipinski definition) is 1. The van der Waals surface area contributed by atoms with Gasteiger partial charge in [0.1, 0.15) is 4.66 Å². The molecule has 1 heterocycles. The quantitative estimate of drug-likeness (QED) is 0.872. The van der Waals surface area contributed by atoms with Gasteiger partial charge in [-0.15, -0.1) is 11.3 Å². The Bertz CT molecular complexity index is 441. The highest BCUT2D eigenvalue weighted by Crippen LogP contribution is 2.33. The summed E-state index contributed by atoms with van der Waals surface area (Å²) in [6.07, 6.45) is 3.04. The van der Waals surface area contributed by atoms with Crippen LogP contribution in [0.1, 0.15) is 29.3 Å². The van der Waals surface area contributed by atoms with E-state index in [-0.39, 0.29) is 10.7 Å². The molecule has 0 radical (unpaired) electrons. The lowest BCUT2D eigenvalue weighted by atomic mass is 9.95. The topological polar surface area (TPSA) is 46.2 Å². The summed E-state index contributed by atoms with van der Waals surface area (Å²) >= 11 is 4.70. The largest absolute Gasteiger partial charge is 0.222 e. The van der Waals surface area contributed by atoms with Crippen LogP contribution in [0.25, 0.3) is 0 Å². The van der Waals surface area contributed by atoms with Crippen LogP contribution in [0, 0.1) is 0 Å². The van der Waals surface area contributed by atoms with Crippen LogP contribution in [-0.2, 0) is 16.4 Å². The van der Waals surface area contributed by atoms with E-state index in [1.807, 2.05) is 11.4 Å². The van der Waals surface area contributed by atoms with Crippen molar-refractivity contribution in [2.24, 2.45) is 0 Å². The molecule has 3 nitrogen and oxygen atoms in total. The minimum atomic E-state index is -3.17. The third-order valence-corrected chi connectivity index (χ3v) is 6.25. The summed E-state index contributed by atoms with van der Waals surface area (Å²) in [6, 6.07) is 2.00. The van der Waals surface area contributed by atoms with E-state index < -0.39 is 10.0 Å². The number of thiophene rings is 1. The maximum absolute atomic E-state index is 11.4. The standard InChI is InChI=1S/C9H12BrNO2S2/c10-6-15(12,13)11-8-2-1-3-9-7(8)4-5-14-9/h4-5,8,11H,1-3,6H2. The van der Waals surface area contributed by atoms with E-state index in [9.17, 15) is 8.42 Å². The normalized spacial score (nSPS) is 21.3. The maximum atomic E-state index is 11.4. The minimum Gasteiger partial charge on any atom is -0.212 e. The second-order valence-electron chi connectivity index (χ2n) is 3.59. The third-order valence-electron chi connectivity index (χ3n) is 2.52. The van der Waals surface area contributed by atoms with Crippen LogP contribution in [0.2, 0.25) is 0 Å². The summed E-state index contributed by atoms with van der Waals surface area (Å²) in [4.78, 5) is 1.32. The lowest BCUT2D eigenvalue weighted by molar-refractivity contribution is 0.514. The molecule has 1 unspecified atom stereocenters. The number of aryl methyl sites for hydroxylation is 1. The first-order chi connectivity index (χ1) is 7.12. The maximum Gasteiger partial charge on any atom is 0.222 e. The molecule has 0 spiro atoms. The molecule has 1 N–H and O–H groups in total. The number of nitrogens with one attached hydrogen (secondary N) is 1. The molecule has 0 saturated carbocycles. The zero-order chi connectivity index (χ0) is 10.9. The molecule has 0 aromatic carbocycles. The zero-order valence-electron chi connectivity index (χ0n) is 8.07. The third kappa shape index (κ3) is 2.61. The Labute approximate surface area is 102 Å². The highest BCUT2D eigenvalue weighted by atomic mass is 79.9. The molecule has 0 bridgehead atoms. The van der Waals surface area contributed by atoms with E-state index in [4.69, 9.17) is 0 Å². The first-order valence-corrected chi connectivity index (χ1v) is 8.40. The van der Waals surface area contributed by atoms with E-state index in [0.29, 0.717) is 0 Å². The van der Waals surface area contributed by atoms with Gasteiger partial charge in [-0.25, -0.2) is 13.1 Å². The van der Waals surface area contributed by atoms with Crippen LogP contribution < -0.4 is 4.72 Å². The number of alkyl halides is 1. The smallest absolute Gasteiger partial charge is 0.212 e. The van der Waals surface area contributed by atoms with Crippen molar-refractivity contribution in [2.45, 2.75) is 25.3 Å². The number of halogens is 1. The molecule has 1 aromatic heterocycles.